The van der Waals surface area contributed by atoms with Crippen molar-refractivity contribution in [3.05, 3.63) is 89.4 Å². The highest BCUT2D eigenvalue weighted by molar-refractivity contribution is 6.04. The van der Waals surface area contributed by atoms with E-state index < -0.39 is 0 Å². The highest BCUT2D eigenvalue weighted by Gasteiger charge is 2.20. The maximum atomic E-state index is 13.1. The SMILES string of the molecule is Cc1ccc(CN(C(=O)c2ccco2)c2ccc(CC(=O)NCC(C)C)cc2)cc1. The summed E-state index contributed by atoms with van der Waals surface area (Å²) in [5, 5.41) is 2.93. The largest absolute Gasteiger partial charge is 0.459 e. The van der Waals surface area contributed by atoms with Crippen LogP contribution in [0.3, 0.4) is 0 Å². The summed E-state index contributed by atoms with van der Waals surface area (Å²) in [6.07, 6.45) is 1.81. The van der Waals surface area contributed by atoms with Crippen LogP contribution in [0.25, 0.3) is 0 Å². The molecule has 0 saturated carbocycles. The summed E-state index contributed by atoms with van der Waals surface area (Å²) in [7, 11) is 0. The smallest absolute Gasteiger partial charge is 0.294 e. The summed E-state index contributed by atoms with van der Waals surface area (Å²) >= 11 is 0. The Labute approximate surface area is 177 Å². The van der Waals surface area contributed by atoms with Crippen molar-refractivity contribution >= 4 is 17.5 Å². The van der Waals surface area contributed by atoms with Crippen molar-refractivity contribution in [1.29, 1.82) is 0 Å². The first kappa shape index (κ1) is 21.4. The molecule has 5 heteroatoms. The molecule has 0 aliphatic carbocycles. The molecule has 0 fully saturated rings. The van der Waals surface area contributed by atoms with Crippen LogP contribution in [0.4, 0.5) is 5.69 Å². The zero-order valence-corrected chi connectivity index (χ0v) is 17.7. The van der Waals surface area contributed by atoms with Gasteiger partial charge in [-0.2, -0.15) is 0 Å². The average molecular weight is 405 g/mol. The van der Waals surface area contributed by atoms with Gasteiger partial charge in [-0.15, -0.1) is 0 Å². The molecule has 0 bridgehead atoms. The minimum atomic E-state index is -0.206. The molecule has 156 valence electrons. The third kappa shape index (κ3) is 5.83. The lowest BCUT2D eigenvalue weighted by Gasteiger charge is -2.22. The van der Waals surface area contributed by atoms with E-state index in [1.165, 1.54) is 11.8 Å². The summed E-state index contributed by atoms with van der Waals surface area (Å²) in [6.45, 7) is 7.25. The number of aryl methyl sites for hydroxylation is 1. The minimum absolute atomic E-state index is 0.000349. The van der Waals surface area contributed by atoms with E-state index in [2.05, 4.69) is 19.2 Å². The average Bonchev–Trinajstić information content (AvgIpc) is 3.27. The van der Waals surface area contributed by atoms with Crippen LogP contribution in [0, 0.1) is 12.8 Å². The summed E-state index contributed by atoms with van der Waals surface area (Å²) in [6, 6.07) is 19.0. The van der Waals surface area contributed by atoms with Gasteiger partial charge in [0.15, 0.2) is 5.76 Å². The predicted molar refractivity (Wildman–Crippen MR) is 118 cm³/mol. The summed E-state index contributed by atoms with van der Waals surface area (Å²) in [5.74, 6) is 0.501. The van der Waals surface area contributed by atoms with Crippen LogP contribution in [0.1, 0.15) is 41.1 Å². The van der Waals surface area contributed by atoms with Crippen LogP contribution in [-0.4, -0.2) is 18.4 Å². The van der Waals surface area contributed by atoms with Gasteiger partial charge in [0.2, 0.25) is 5.91 Å². The van der Waals surface area contributed by atoms with Gasteiger partial charge in [-0.05, 0) is 48.2 Å². The van der Waals surface area contributed by atoms with Gasteiger partial charge in [-0.3, -0.25) is 9.59 Å². The molecule has 1 N–H and O–H groups in total. The lowest BCUT2D eigenvalue weighted by Crippen LogP contribution is -2.30. The van der Waals surface area contributed by atoms with Crippen molar-refractivity contribution in [2.45, 2.75) is 33.7 Å². The summed E-state index contributed by atoms with van der Waals surface area (Å²) < 4.78 is 5.33. The summed E-state index contributed by atoms with van der Waals surface area (Å²) in [4.78, 5) is 26.8. The maximum Gasteiger partial charge on any atom is 0.294 e. The Morgan fingerprint density at radius 3 is 2.23 bits per heavy atom. The second kappa shape index (κ2) is 9.92. The zero-order valence-electron chi connectivity index (χ0n) is 17.7. The van der Waals surface area contributed by atoms with E-state index in [0.717, 1.165) is 16.8 Å². The Bertz CT molecular complexity index is 959. The Balaban J connectivity index is 1.78. The molecule has 2 aromatic carbocycles. The number of carbonyl (C=O) groups excluding carboxylic acids is 2. The van der Waals surface area contributed by atoms with E-state index in [4.69, 9.17) is 4.42 Å². The molecule has 5 nitrogen and oxygen atoms in total. The Hall–Kier alpha value is -3.34. The standard InChI is InChI=1S/C25H28N2O3/c1-18(2)16-26-24(28)15-20-10-12-22(13-11-20)27(25(29)23-5-4-14-30-23)17-21-8-6-19(3)7-9-21/h4-14,18H,15-17H2,1-3H3,(H,26,28). The Kier molecular flexibility index (Phi) is 7.07. The first-order valence-corrected chi connectivity index (χ1v) is 10.2. The van der Waals surface area contributed by atoms with Crippen molar-refractivity contribution in [2.75, 3.05) is 11.4 Å². The van der Waals surface area contributed by atoms with Crippen molar-refractivity contribution in [3.8, 4) is 0 Å². The monoisotopic (exact) mass is 404 g/mol. The first-order chi connectivity index (χ1) is 14.4. The second-order valence-corrected chi connectivity index (χ2v) is 7.90. The van der Waals surface area contributed by atoms with Gasteiger partial charge in [0, 0.05) is 12.2 Å². The molecule has 0 saturated heterocycles. The summed E-state index contributed by atoms with van der Waals surface area (Å²) in [5.41, 5.74) is 3.85. The number of benzene rings is 2. The zero-order chi connectivity index (χ0) is 21.5. The van der Waals surface area contributed by atoms with E-state index in [1.54, 1.807) is 17.0 Å². The number of nitrogens with zero attached hydrogens (tertiary/aromatic N) is 1. The van der Waals surface area contributed by atoms with Crippen LogP contribution in [0.15, 0.2) is 71.3 Å². The number of hydrogen-bond donors (Lipinski definition) is 1. The Morgan fingerprint density at radius 1 is 0.967 bits per heavy atom. The quantitative estimate of drug-likeness (QED) is 0.589. The fourth-order valence-electron chi connectivity index (χ4n) is 3.05. The molecule has 0 aliphatic rings. The molecule has 0 spiro atoms. The molecule has 3 aromatic rings. The fraction of sp³-hybridized carbons (Fsp3) is 0.280. The van der Waals surface area contributed by atoms with Crippen LogP contribution in [0.2, 0.25) is 0 Å². The third-order valence-corrected chi connectivity index (χ3v) is 4.76. The predicted octanol–water partition coefficient (Wildman–Crippen LogP) is 4.75. The fourth-order valence-corrected chi connectivity index (χ4v) is 3.05. The van der Waals surface area contributed by atoms with Crippen LogP contribution in [-0.2, 0) is 17.8 Å². The number of anilines is 1. The number of nitrogens with one attached hydrogen (secondary N) is 1. The maximum absolute atomic E-state index is 13.1. The lowest BCUT2D eigenvalue weighted by molar-refractivity contribution is -0.120. The van der Waals surface area contributed by atoms with Gasteiger partial charge in [0.05, 0.1) is 19.2 Å². The number of hydrogen-bond acceptors (Lipinski definition) is 3. The van der Waals surface area contributed by atoms with E-state index in [1.807, 2.05) is 55.5 Å². The van der Waals surface area contributed by atoms with Crippen molar-refractivity contribution < 1.29 is 14.0 Å². The first-order valence-electron chi connectivity index (χ1n) is 10.2. The highest BCUT2D eigenvalue weighted by Crippen LogP contribution is 2.22. The molecule has 3 rings (SSSR count). The topological polar surface area (TPSA) is 62.6 Å². The number of furan rings is 1. The van der Waals surface area contributed by atoms with E-state index >= 15 is 0 Å². The van der Waals surface area contributed by atoms with Gasteiger partial charge < -0.3 is 14.6 Å². The van der Waals surface area contributed by atoms with Gasteiger partial charge in [0.1, 0.15) is 0 Å². The molecule has 1 aromatic heterocycles. The number of amides is 2. The molecule has 1 heterocycles. The van der Waals surface area contributed by atoms with Crippen molar-refractivity contribution in [3.63, 3.8) is 0 Å². The molecule has 0 radical (unpaired) electrons. The number of rotatable bonds is 8. The lowest BCUT2D eigenvalue weighted by atomic mass is 10.1. The van der Waals surface area contributed by atoms with Gasteiger partial charge in [0.25, 0.3) is 5.91 Å². The molecule has 0 atom stereocenters. The van der Waals surface area contributed by atoms with Gasteiger partial charge in [-0.1, -0.05) is 55.8 Å². The Morgan fingerprint density at radius 2 is 1.63 bits per heavy atom. The van der Waals surface area contributed by atoms with E-state index in [9.17, 15) is 9.59 Å². The van der Waals surface area contributed by atoms with Crippen LogP contribution < -0.4 is 10.2 Å². The van der Waals surface area contributed by atoms with Crippen molar-refractivity contribution in [2.24, 2.45) is 5.92 Å². The molecular formula is C25H28N2O3. The van der Waals surface area contributed by atoms with Crippen molar-refractivity contribution in [1.82, 2.24) is 5.32 Å². The third-order valence-electron chi connectivity index (χ3n) is 4.76. The second-order valence-electron chi connectivity index (χ2n) is 7.90. The molecular weight excluding hydrogens is 376 g/mol. The molecule has 0 aliphatic heterocycles. The van der Waals surface area contributed by atoms with E-state index in [-0.39, 0.29) is 11.8 Å². The number of carbonyl (C=O) groups is 2. The van der Waals surface area contributed by atoms with E-state index in [0.29, 0.717) is 31.2 Å². The van der Waals surface area contributed by atoms with Crippen LogP contribution in [0.5, 0.6) is 0 Å². The molecule has 30 heavy (non-hydrogen) atoms. The van der Waals surface area contributed by atoms with Crippen LogP contribution >= 0.6 is 0 Å². The highest BCUT2D eigenvalue weighted by atomic mass is 16.3. The normalized spacial score (nSPS) is 10.8. The molecule has 0 unspecified atom stereocenters. The van der Waals surface area contributed by atoms with Gasteiger partial charge >= 0.3 is 0 Å². The minimum Gasteiger partial charge on any atom is -0.459 e. The molecule has 2 amide bonds. The van der Waals surface area contributed by atoms with Gasteiger partial charge in [-0.25, -0.2) is 0 Å².